The van der Waals surface area contributed by atoms with Crippen molar-refractivity contribution in [3.63, 3.8) is 0 Å². The van der Waals surface area contributed by atoms with E-state index in [1.807, 2.05) is 11.0 Å². The van der Waals surface area contributed by atoms with Crippen LogP contribution in [0.1, 0.15) is 35.7 Å². The van der Waals surface area contributed by atoms with Gasteiger partial charge in [-0.05, 0) is 50.4 Å². The molecule has 1 aromatic rings. The average molecular weight is 346 g/mol. The minimum Gasteiger partial charge on any atom is -0.493 e. The van der Waals surface area contributed by atoms with Crippen molar-refractivity contribution in [1.29, 1.82) is 0 Å². The molecule has 0 aliphatic carbocycles. The summed E-state index contributed by atoms with van der Waals surface area (Å²) >= 11 is 0. The SMILES string of the molecule is C=CCc1cc(C(=O)N2CCC(CNCC)CC2)cc(OC)c1OC. The molecule has 0 saturated carbocycles. The van der Waals surface area contributed by atoms with Crippen LogP contribution < -0.4 is 14.8 Å². The number of piperidine rings is 1. The Balaban J connectivity index is 2.14. The summed E-state index contributed by atoms with van der Waals surface area (Å²) in [5, 5.41) is 3.40. The summed E-state index contributed by atoms with van der Waals surface area (Å²) in [5.41, 5.74) is 1.57. The smallest absolute Gasteiger partial charge is 0.254 e. The third kappa shape index (κ3) is 4.75. The number of hydrogen-bond donors (Lipinski definition) is 1. The van der Waals surface area contributed by atoms with Gasteiger partial charge in [0.2, 0.25) is 0 Å². The molecule has 5 nitrogen and oxygen atoms in total. The molecule has 0 unspecified atom stereocenters. The van der Waals surface area contributed by atoms with Gasteiger partial charge < -0.3 is 19.7 Å². The minimum atomic E-state index is 0.0631. The van der Waals surface area contributed by atoms with Crippen molar-refractivity contribution in [1.82, 2.24) is 10.2 Å². The third-order valence-corrected chi connectivity index (χ3v) is 4.75. The fourth-order valence-corrected chi connectivity index (χ4v) is 3.35. The van der Waals surface area contributed by atoms with Gasteiger partial charge in [0.05, 0.1) is 14.2 Å². The predicted octanol–water partition coefficient (Wildman–Crippen LogP) is 2.89. The van der Waals surface area contributed by atoms with Crippen molar-refractivity contribution in [2.45, 2.75) is 26.2 Å². The molecule has 0 aromatic heterocycles. The number of carbonyl (C=O) groups is 1. The Morgan fingerprint density at radius 3 is 2.60 bits per heavy atom. The number of amides is 1. The number of nitrogens with zero attached hydrogens (tertiary/aromatic N) is 1. The molecule has 1 saturated heterocycles. The van der Waals surface area contributed by atoms with Gasteiger partial charge in [-0.1, -0.05) is 13.0 Å². The highest BCUT2D eigenvalue weighted by molar-refractivity contribution is 5.95. The van der Waals surface area contributed by atoms with Crippen LogP contribution in [0.3, 0.4) is 0 Å². The Kier molecular flexibility index (Phi) is 7.31. The van der Waals surface area contributed by atoms with E-state index in [2.05, 4.69) is 18.8 Å². The highest BCUT2D eigenvalue weighted by Crippen LogP contribution is 2.34. The van der Waals surface area contributed by atoms with Gasteiger partial charge in [-0.25, -0.2) is 0 Å². The Hall–Kier alpha value is -2.01. The van der Waals surface area contributed by atoms with E-state index < -0.39 is 0 Å². The number of likely N-dealkylation sites (tertiary alicyclic amines) is 1. The van der Waals surface area contributed by atoms with Crippen LogP contribution in [0.2, 0.25) is 0 Å². The summed E-state index contributed by atoms with van der Waals surface area (Å²) in [4.78, 5) is 14.9. The van der Waals surface area contributed by atoms with E-state index in [0.717, 1.165) is 44.6 Å². The fraction of sp³-hybridized carbons (Fsp3) is 0.550. The normalized spacial score (nSPS) is 15.1. The molecule has 1 fully saturated rings. The maximum absolute atomic E-state index is 12.9. The maximum atomic E-state index is 12.9. The van der Waals surface area contributed by atoms with Crippen LogP contribution in [0.5, 0.6) is 11.5 Å². The number of ether oxygens (including phenoxy) is 2. The summed E-state index contributed by atoms with van der Waals surface area (Å²) in [6, 6.07) is 3.68. The topological polar surface area (TPSA) is 50.8 Å². The minimum absolute atomic E-state index is 0.0631. The van der Waals surface area contributed by atoms with Gasteiger partial charge in [-0.15, -0.1) is 6.58 Å². The molecule has 5 heteroatoms. The molecule has 1 N–H and O–H groups in total. The second kappa shape index (κ2) is 9.47. The van der Waals surface area contributed by atoms with E-state index in [9.17, 15) is 4.79 Å². The zero-order chi connectivity index (χ0) is 18.2. The molecule has 1 heterocycles. The summed E-state index contributed by atoms with van der Waals surface area (Å²) in [6.45, 7) is 9.56. The number of carbonyl (C=O) groups excluding carboxylic acids is 1. The number of nitrogens with one attached hydrogen (secondary N) is 1. The Bertz CT molecular complexity index is 593. The van der Waals surface area contributed by atoms with Crippen molar-refractivity contribution >= 4 is 5.91 Å². The molecule has 1 amide bonds. The molecule has 0 spiro atoms. The lowest BCUT2D eigenvalue weighted by Crippen LogP contribution is -2.40. The van der Waals surface area contributed by atoms with Crippen LogP contribution in [-0.2, 0) is 6.42 Å². The lowest BCUT2D eigenvalue weighted by molar-refractivity contribution is 0.0689. The van der Waals surface area contributed by atoms with Gasteiger partial charge in [0, 0.05) is 24.2 Å². The zero-order valence-corrected chi connectivity index (χ0v) is 15.6. The summed E-state index contributed by atoms with van der Waals surface area (Å²) in [6.07, 6.45) is 4.53. The Morgan fingerprint density at radius 1 is 1.32 bits per heavy atom. The molecule has 0 radical (unpaired) electrons. The van der Waals surface area contributed by atoms with Crippen LogP contribution in [0.15, 0.2) is 24.8 Å². The van der Waals surface area contributed by atoms with Crippen LogP contribution >= 0.6 is 0 Å². The first-order valence-electron chi connectivity index (χ1n) is 9.00. The molecule has 0 bridgehead atoms. The fourth-order valence-electron chi connectivity index (χ4n) is 3.35. The van der Waals surface area contributed by atoms with Crippen molar-refractivity contribution in [3.05, 3.63) is 35.9 Å². The van der Waals surface area contributed by atoms with E-state index in [1.165, 1.54) is 0 Å². The van der Waals surface area contributed by atoms with E-state index >= 15 is 0 Å². The van der Waals surface area contributed by atoms with Gasteiger partial charge in [0.25, 0.3) is 5.91 Å². The molecule has 138 valence electrons. The summed E-state index contributed by atoms with van der Waals surface area (Å²) in [7, 11) is 3.21. The Labute approximate surface area is 151 Å². The van der Waals surface area contributed by atoms with Crippen molar-refractivity contribution in [2.75, 3.05) is 40.4 Å². The van der Waals surface area contributed by atoms with E-state index in [4.69, 9.17) is 9.47 Å². The second-order valence-corrected chi connectivity index (χ2v) is 6.41. The molecule has 1 aromatic carbocycles. The monoisotopic (exact) mass is 346 g/mol. The third-order valence-electron chi connectivity index (χ3n) is 4.75. The van der Waals surface area contributed by atoms with Gasteiger partial charge in [0.1, 0.15) is 0 Å². The highest BCUT2D eigenvalue weighted by atomic mass is 16.5. The van der Waals surface area contributed by atoms with Crippen molar-refractivity contribution < 1.29 is 14.3 Å². The number of benzene rings is 1. The molecule has 1 aliphatic rings. The number of hydrogen-bond acceptors (Lipinski definition) is 4. The molecule has 0 atom stereocenters. The van der Waals surface area contributed by atoms with E-state index in [1.54, 1.807) is 26.4 Å². The molecule has 25 heavy (non-hydrogen) atoms. The number of allylic oxidation sites excluding steroid dienone is 1. The summed E-state index contributed by atoms with van der Waals surface area (Å²) in [5.74, 6) is 1.98. The first kappa shape index (κ1) is 19.3. The largest absolute Gasteiger partial charge is 0.493 e. The quantitative estimate of drug-likeness (QED) is 0.736. The van der Waals surface area contributed by atoms with Crippen molar-refractivity contribution in [2.24, 2.45) is 5.92 Å². The van der Waals surface area contributed by atoms with E-state index in [-0.39, 0.29) is 5.91 Å². The van der Waals surface area contributed by atoms with Crippen LogP contribution in [0.25, 0.3) is 0 Å². The average Bonchev–Trinajstić information content (AvgIpc) is 2.65. The van der Waals surface area contributed by atoms with Crippen molar-refractivity contribution in [3.8, 4) is 11.5 Å². The summed E-state index contributed by atoms with van der Waals surface area (Å²) < 4.78 is 10.9. The van der Waals surface area contributed by atoms with E-state index in [0.29, 0.717) is 29.4 Å². The maximum Gasteiger partial charge on any atom is 0.254 e. The van der Waals surface area contributed by atoms with Crippen LogP contribution in [-0.4, -0.2) is 51.2 Å². The number of methoxy groups -OCH3 is 2. The molecular weight excluding hydrogens is 316 g/mol. The highest BCUT2D eigenvalue weighted by Gasteiger charge is 2.25. The molecular formula is C20H30N2O3. The van der Waals surface area contributed by atoms with Gasteiger partial charge >= 0.3 is 0 Å². The van der Waals surface area contributed by atoms with Gasteiger partial charge in [-0.2, -0.15) is 0 Å². The van der Waals surface area contributed by atoms with Crippen LogP contribution in [0, 0.1) is 5.92 Å². The lowest BCUT2D eigenvalue weighted by Gasteiger charge is -2.32. The molecule has 1 aliphatic heterocycles. The standard InChI is InChI=1S/C20H30N2O3/c1-5-7-16-12-17(13-18(24-3)19(16)25-4)20(23)22-10-8-15(9-11-22)14-21-6-2/h5,12-13,15,21H,1,6-11,14H2,2-4H3. The van der Waals surface area contributed by atoms with Gasteiger partial charge in [0.15, 0.2) is 11.5 Å². The lowest BCUT2D eigenvalue weighted by atomic mass is 9.96. The van der Waals surface area contributed by atoms with Gasteiger partial charge in [-0.3, -0.25) is 4.79 Å². The predicted molar refractivity (Wildman–Crippen MR) is 101 cm³/mol. The number of rotatable bonds is 8. The second-order valence-electron chi connectivity index (χ2n) is 6.41. The molecule has 2 rings (SSSR count). The Morgan fingerprint density at radius 2 is 2.04 bits per heavy atom. The first-order valence-corrected chi connectivity index (χ1v) is 9.00. The van der Waals surface area contributed by atoms with Crippen LogP contribution in [0.4, 0.5) is 0 Å². The zero-order valence-electron chi connectivity index (χ0n) is 15.6. The first-order chi connectivity index (χ1) is 12.1.